The van der Waals surface area contributed by atoms with Crippen LogP contribution in [0.5, 0.6) is 0 Å². The van der Waals surface area contributed by atoms with Gasteiger partial charge in [0.2, 0.25) is 0 Å². The lowest BCUT2D eigenvalue weighted by Gasteiger charge is -2.24. The van der Waals surface area contributed by atoms with Gasteiger partial charge in [-0.2, -0.15) is 5.10 Å². The molecule has 2 heterocycles. The van der Waals surface area contributed by atoms with Gasteiger partial charge in [0.25, 0.3) is 0 Å². The normalized spacial score (nSPS) is 12.5. The minimum absolute atomic E-state index is 0.149. The second kappa shape index (κ2) is 10.6. The Morgan fingerprint density at radius 3 is 2.50 bits per heavy atom. The van der Waals surface area contributed by atoms with Crippen LogP contribution in [0.25, 0.3) is 22.2 Å². The van der Waals surface area contributed by atoms with Crippen LogP contribution in [0.2, 0.25) is 0 Å². The third-order valence-electron chi connectivity index (χ3n) is 6.99. The monoisotopic (exact) mass is 506 g/mol. The van der Waals surface area contributed by atoms with E-state index in [1.807, 2.05) is 60.3 Å². The maximum atomic E-state index is 6.11. The summed E-state index contributed by atoms with van der Waals surface area (Å²) in [7, 11) is 1.94. The highest BCUT2D eigenvalue weighted by molar-refractivity contribution is 5.92. The molecule has 2 aromatic heterocycles. The van der Waals surface area contributed by atoms with Gasteiger partial charge >= 0.3 is 0 Å². The van der Waals surface area contributed by atoms with Gasteiger partial charge < -0.3 is 15.8 Å². The molecule has 7 nitrogen and oxygen atoms in total. The highest BCUT2D eigenvalue weighted by atomic mass is 16.5. The summed E-state index contributed by atoms with van der Waals surface area (Å²) in [6, 6.07) is 26.4. The molecule has 7 heteroatoms. The third-order valence-corrected chi connectivity index (χ3v) is 6.99. The number of nitrogens with one attached hydrogen (secondary N) is 1. The Morgan fingerprint density at radius 1 is 1.00 bits per heavy atom. The number of ether oxygens (including phenoxy) is 1. The molecule has 0 saturated heterocycles. The topological polar surface area (TPSA) is 90.9 Å². The van der Waals surface area contributed by atoms with Crippen molar-refractivity contribution in [2.75, 3.05) is 11.1 Å². The molecule has 1 unspecified atom stereocenters. The van der Waals surface area contributed by atoms with E-state index in [0.717, 1.165) is 45.4 Å². The lowest BCUT2D eigenvalue weighted by molar-refractivity contribution is -0.0316. The molecule has 0 aliphatic heterocycles. The average Bonchev–Trinajstić information content (AvgIpc) is 3.33. The van der Waals surface area contributed by atoms with Gasteiger partial charge in [0.15, 0.2) is 11.6 Å². The lowest BCUT2D eigenvalue weighted by Crippen LogP contribution is -2.22. The molecule has 0 bridgehead atoms. The number of aryl methyl sites for hydroxylation is 1. The van der Waals surface area contributed by atoms with E-state index in [2.05, 4.69) is 61.4 Å². The third kappa shape index (κ3) is 5.53. The molecule has 0 amide bonds. The fourth-order valence-corrected chi connectivity index (χ4v) is 4.30. The van der Waals surface area contributed by atoms with E-state index in [9.17, 15) is 0 Å². The van der Waals surface area contributed by atoms with Crippen LogP contribution in [-0.2, 0) is 18.4 Å². The smallest absolute Gasteiger partial charge is 0.181 e. The zero-order valence-electron chi connectivity index (χ0n) is 22.3. The minimum atomic E-state index is -0.233. The van der Waals surface area contributed by atoms with Gasteiger partial charge in [0.05, 0.1) is 12.2 Å². The first-order chi connectivity index (χ1) is 18.3. The summed E-state index contributed by atoms with van der Waals surface area (Å²) < 4.78 is 7.96. The first kappa shape index (κ1) is 25.4. The molecule has 0 saturated carbocycles. The van der Waals surface area contributed by atoms with Gasteiger partial charge in [-0.25, -0.2) is 9.97 Å². The second-order valence-electron chi connectivity index (χ2n) is 10.1. The van der Waals surface area contributed by atoms with Crippen LogP contribution in [0.15, 0.2) is 85.1 Å². The zero-order chi connectivity index (χ0) is 26.7. The van der Waals surface area contributed by atoms with Crippen LogP contribution >= 0.6 is 0 Å². The van der Waals surface area contributed by atoms with Crippen molar-refractivity contribution in [3.63, 3.8) is 0 Å². The van der Waals surface area contributed by atoms with E-state index in [1.54, 1.807) is 6.20 Å². The highest BCUT2D eigenvalue weighted by Crippen LogP contribution is 2.30. The van der Waals surface area contributed by atoms with E-state index < -0.39 is 0 Å². The van der Waals surface area contributed by atoms with Crippen LogP contribution in [-0.4, -0.2) is 25.3 Å². The fraction of sp³-hybridized carbons (Fsp3) is 0.258. The SMILES string of the molecule is CCC(C)(C)OCc1ccc(C(Nc2ccc3c(N)nccc3c2)c2nc(-c3ccccc3)nn2C)cc1. The predicted molar refractivity (Wildman–Crippen MR) is 154 cm³/mol. The Kier molecular flexibility index (Phi) is 7.11. The zero-order valence-corrected chi connectivity index (χ0v) is 22.3. The number of aromatic nitrogens is 4. The molecule has 194 valence electrons. The molecular formula is C31H34N6O. The van der Waals surface area contributed by atoms with Gasteiger partial charge in [0.1, 0.15) is 11.9 Å². The van der Waals surface area contributed by atoms with Crippen molar-refractivity contribution in [2.24, 2.45) is 7.05 Å². The van der Waals surface area contributed by atoms with Gasteiger partial charge in [-0.3, -0.25) is 4.68 Å². The van der Waals surface area contributed by atoms with Crippen molar-refractivity contribution in [1.82, 2.24) is 19.7 Å². The van der Waals surface area contributed by atoms with E-state index in [4.69, 9.17) is 20.6 Å². The van der Waals surface area contributed by atoms with Crippen molar-refractivity contribution in [3.05, 3.63) is 102 Å². The van der Waals surface area contributed by atoms with Crippen molar-refractivity contribution in [1.29, 1.82) is 0 Å². The predicted octanol–water partition coefficient (Wildman–Crippen LogP) is 6.52. The number of anilines is 2. The standard InChI is InChI=1S/C31H34N6O/c1-5-31(2,3)38-20-21-11-13-22(14-12-21)27(30-35-29(36-37(30)4)23-9-7-6-8-10-23)34-25-15-16-26-24(19-25)17-18-33-28(26)32/h6-19,27,34H,5,20H2,1-4H3,(H2,32,33). The Hall–Kier alpha value is -4.23. The number of fused-ring (bicyclic) bond motifs is 1. The summed E-state index contributed by atoms with van der Waals surface area (Å²) in [5, 5.41) is 10.4. The van der Waals surface area contributed by atoms with E-state index in [-0.39, 0.29) is 11.6 Å². The molecule has 0 aliphatic rings. The van der Waals surface area contributed by atoms with E-state index in [1.165, 1.54) is 0 Å². The Labute approximate surface area is 223 Å². The van der Waals surface area contributed by atoms with Gasteiger partial charge in [-0.15, -0.1) is 0 Å². The van der Waals surface area contributed by atoms with E-state index in [0.29, 0.717) is 18.2 Å². The van der Waals surface area contributed by atoms with Crippen molar-refractivity contribution >= 4 is 22.3 Å². The molecule has 3 aromatic carbocycles. The number of hydrogen-bond acceptors (Lipinski definition) is 6. The molecule has 1 atom stereocenters. The van der Waals surface area contributed by atoms with Crippen LogP contribution in [0.3, 0.4) is 0 Å². The first-order valence-electron chi connectivity index (χ1n) is 12.9. The Bertz CT molecular complexity index is 1530. The number of pyridine rings is 1. The molecule has 0 spiro atoms. The number of hydrogen-bond donors (Lipinski definition) is 2. The minimum Gasteiger partial charge on any atom is -0.383 e. The van der Waals surface area contributed by atoms with Gasteiger partial charge in [0, 0.05) is 29.9 Å². The summed E-state index contributed by atoms with van der Waals surface area (Å²) in [5.74, 6) is 2.03. The summed E-state index contributed by atoms with van der Waals surface area (Å²) in [5.41, 5.74) is 10.1. The van der Waals surface area contributed by atoms with Gasteiger partial charge in [-0.05, 0) is 61.0 Å². The molecule has 38 heavy (non-hydrogen) atoms. The first-order valence-corrected chi connectivity index (χ1v) is 12.9. The summed E-state index contributed by atoms with van der Waals surface area (Å²) in [6.07, 6.45) is 2.69. The van der Waals surface area contributed by atoms with Crippen molar-refractivity contribution < 1.29 is 4.74 Å². The fourth-order valence-electron chi connectivity index (χ4n) is 4.30. The lowest BCUT2D eigenvalue weighted by atomic mass is 10.0. The summed E-state index contributed by atoms with van der Waals surface area (Å²) in [6.45, 7) is 6.95. The number of rotatable bonds is 9. The highest BCUT2D eigenvalue weighted by Gasteiger charge is 2.22. The summed E-state index contributed by atoms with van der Waals surface area (Å²) in [4.78, 5) is 9.17. The second-order valence-corrected chi connectivity index (χ2v) is 10.1. The van der Waals surface area contributed by atoms with E-state index >= 15 is 0 Å². The largest absolute Gasteiger partial charge is 0.383 e. The Balaban J connectivity index is 1.50. The molecule has 0 radical (unpaired) electrons. The number of nitrogens with zero attached hydrogens (tertiary/aromatic N) is 4. The molecular weight excluding hydrogens is 472 g/mol. The Morgan fingerprint density at radius 2 is 1.76 bits per heavy atom. The van der Waals surface area contributed by atoms with Crippen LogP contribution in [0.4, 0.5) is 11.5 Å². The summed E-state index contributed by atoms with van der Waals surface area (Å²) >= 11 is 0. The number of nitrogens with two attached hydrogens (primary N) is 1. The van der Waals surface area contributed by atoms with Crippen LogP contribution < -0.4 is 11.1 Å². The van der Waals surface area contributed by atoms with Crippen molar-refractivity contribution in [3.8, 4) is 11.4 Å². The van der Waals surface area contributed by atoms with Crippen LogP contribution in [0, 0.1) is 0 Å². The molecule has 5 aromatic rings. The maximum Gasteiger partial charge on any atom is 0.181 e. The quantitative estimate of drug-likeness (QED) is 0.237. The molecule has 5 rings (SSSR count). The number of nitrogen functional groups attached to an aromatic ring is 1. The van der Waals surface area contributed by atoms with Gasteiger partial charge in [-0.1, -0.05) is 61.5 Å². The molecule has 0 fully saturated rings. The van der Waals surface area contributed by atoms with Crippen molar-refractivity contribution in [2.45, 2.75) is 45.4 Å². The number of benzene rings is 3. The molecule has 0 aliphatic carbocycles. The average molecular weight is 507 g/mol. The molecule has 3 N–H and O–H groups in total. The maximum absolute atomic E-state index is 6.11. The van der Waals surface area contributed by atoms with Crippen LogP contribution in [0.1, 0.15) is 50.2 Å².